The van der Waals surface area contributed by atoms with Gasteiger partial charge in [0.15, 0.2) is 11.6 Å². The van der Waals surface area contributed by atoms with Crippen molar-refractivity contribution in [3.05, 3.63) is 52.6 Å². The number of carbonyl (C=O) groups excluding carboxylic acids is 1. The first kappa shape index (κ1) is 13.9. The van der Waals surface area contributed by atoms with Crippen molar-refractivity contribution < 1.29 is 14.3 Å². The van der Waals surface area contributed by atoms with Gasteiger partial charge in [0.25, 0.3) is 0 Å². The molecule has 3 rings (SSSR count). The molecule has 2 heterocycles. The Kier molecular flexibility index (Phi) is 4.06. The van der Waals surface area contributed by atoms with Gasteiger partial charge >= 0.3 is 6.09 Å². The molecular weight excluding hydrogens is 336 g/mol. The number of aromatic nitrogens is 1. The van der Waals surface area contributed by atoms with Crippen molar-refractivity contribution in [2.75, 3.05) is 18.1 Å². The number of hydrogen-bond acceptors (Lipinski definition) is 4. The third-order valence-electron chi connectivity index (χ3n) is 3.05. The SMILES string of the molecule is O=C(OCc1ccccc1)N1CCOc2cc(Br)cnc21. The highest BCUT2D eigenvalue weighted by Gasteiger charge is 2.26. The Labute approximate surface area is 130 Å². The van der Waals surface area contributed by atoms with Crippen LogP contribution in [0.15, 0.2) is 47.1 Å². The Balaban J connectivity index is 1.71. The monoisotopic (exact) mass is 348 g/mol. The highest BCUT2D eigenvalue weighted by atomic mass is 79.9. The fourth-order valence-corrected chi connectivity index (χ4v) is 2.36. The molecule has 1 aliphatic rings. The summed E-state index contributed by atoms with van der Waals surface area (Å²) in [6.45, 7) is 1.09. The van der Waals surface area contributed by atoms with Crippen molar-refractivity contribution >= 4 is 27.8 Å². The van der Waals surface area contributed by atoms with Crippen LogP contribution in [0.25, 0.3) is 0 Å². The van der Waals surface area contributed by atoms with E-state index in [1.807, 2.05) is 30.3 Å². The molecule has 0 fully saturated rings. The highest BCUT2D eigenvalue weighted by molar-refractivity contribution is 9.10. The molecule has 0 aliphatic carbocycles. The molecule has 6 heteroatoms. The maximum absolute atomic E-state index is 12.2. The summed E-state index contributed by atoms with van der Waals surface area (Å²) < 4.78 is 11.6. The van der Waals surface area contributed by atoms with Gasteiger partial charge in [-0.1, -0.05) is 30.3 Å². The van der Waals surface area contributed by atoms with Crippen LogP contribution in [-0.2, 0) is 11.3 Å². The average Bonchev–Trinajstić information content (AvgIpc) is 2.52. The summed E-state index contributed by atoms with van der Waals surface area (Å²) >= 11 is 3.33. The molecule has 2 aromatic rings. The Morgan fingerprint density at radius 3 is 3.00 bits per heavy atom. The normalized spacial score (nSPS) is 13.3. The summed E-state index contributed by atoms with van der Waals surface area (Å²) in [7, 11) is 0. The minimum atomic E-state index is -0.418. The van der Waals surface area contributed by atoms with Crippen molar-refractivity contribution in [3.63, 3.8) is 0 Å². The molecule has 0 bridgehead atoms. The van der Waals surface area contributed by atoms with Crippen LogP contribution in [0.1, 0.15) is 5.56 Å². The van der Waals surface area contributed by atoms with E-state index in [1.165, 1.54) is 4.90 Å². The number of halogens is 1. The molecule has 1 aliphatic heterocycles. The lowest BCUT2D eigenvalue weighted by Crippen LogP contribution is -2.38. The summed E-state index contributed by atoms with van der Waals surface area (Å²) in [5.74, 6) is 1.06. The first-order valence-corrected chi connectivity index (χ1v) is 7.30. The molecule has 0 atom stereocenters. The number of rotatable bonds is 2. The van der Waals surface area contributed by atoms with Gasteiger partial charge in [0.05, 0.1) is 6.54 Å². The Morgan fingerprint density at radius 1 is 1.38 bits per heavy atom. The van der Waals surface area contributed by atoms with Crippen molar-refractivity contribution in [2.24, 2.45) is 0 Å². The number of fused-ring (bicyclic) bond motifs is 1. The lowest BCUT2D eigenvalue weighted by Gasteiger charge is -2.27. The quantitative estimate of drug-likeness (QED) is 0.834. The Bertz CT molecular complexity index is 649. The molecule has 0 saturated heterocycles. The maximum atomic E-state index is 12.2. The molecule has 0 N–H and O–H groups in total. The smallest absolute Gasteiger partial charge is 0.416 e. The highest BCUT2D eigenvalue weighted by Crippen LogP contribution is 2.31. The summed E-state index contributed by atoms with van der Waals surface area (Å²) in [5, 5.41) is 0. The number of nitrogens with zero attached hydrogens (tertiary/aromatic N) is 2. The number of ether oxygens (including phenoxy) is 2. The van der Waals surface area contributed by atoms with E-state index in [0.29, 0.717) is 24.7 Å². The molecule has 0 radical (unpaired) electrons. The second-order valence-corrected chi connectivity index (χ2v) is 5.43. The zero-order chi connectivity index (χ0) is 14.7. The lowest BCUT2D eigenvalue weighted by molar-refractivity contribution is 0.143. The molecule has 108 valence electrons. The minimum Gasteiger partial charge on any atom is -0.488 e. The van der Waals surface area contributed by atoms with Crippen LogP contribution in [0.2, 0.25) is 0 Å². The molecule has 0 saturated carbocycles. The summed E-state index contributed by atoms with van der Waals surface area (Å²) in [4.78, 5) is 17.9. The molecular formula is C15H13BrN2O3. The minimum absolute atomic E-state index is 0.239. The zero-order valence-electron chi connectivity index (χ0n) is 11.2. The summed E-state index contributed by atoms with van der Waals surface area (Å²) in [5.41, 5.74) is 0.947. The van der Waals surface area contributed by atoms with Crippen LogP contribution in [-0.4, -0.2) is 24.2 Å². The predicted molar refractivity (Wildman–Crippen MR) is 81.4 cm³/mol. The van der Waals surface area contributed by atoms with Crippen LogP contribution in [0.3, 0.4) is 0 Å². The fraction of sp³-hybridized carbons (Fsp3) is 0.200. The molecule has 1 aromatic heterocycles. The second kappa shape index (κ2) is 6.13. The Morgan fingerprint density at radius 2 is 2.19 bits per heavy atom. The van der Waals surface area contributed by atoms with Crippen LogP contribution in [0, 0.1) is 0 Å². The second-order valence-electron chi connectivity index (χ2n) is 4.52. The van der Waals surface area contributed by atoms with E-state index in [2.05, 4.69) is 20.9 Å². The Hall–Kier alpha value is -2.08. The van der Waals surface area contributed by atoms with Gasteiger partial charge < -0.3 is 9.47 Å². The van der Waals surface area contributed by atoms with Gasteiger partial charge in [0, 0.05) is 10.7 Å². The van der Waals surface area contributed by atoms with E-state index in [9.17, 15) is 4.79 Å². The molecule has 1 aromatic carbocycles. The van der Waals surface area contributed by atoms with Crippen molar-refractivity contribution in [2.45, 2.75) is 6.61 Å². The first-order chi connectivity index (χ1) is 10.2. The van der Waals surface area contributed by atoms with Gasteiger partial charge in [0.2, 0.25) is 0 Å². The molecule has 0 unspecified atom stereocenters. The fourth-order valence-electron chi connectivity index (χ4n) is 2.05. The number of amides is 1. The third kappa shape index (κ3) is 3.16. The topological polar surface area (TPSA) is 51.7 Å². The molecule has 0 spiro atoms. The van der Waals surface area contributed by atoms with Gasteiger partial charge in [-0.3, -0.25) is 4.90 Å². The van der Waals surface area contributed by atoms with E-state index >= 15 is 0 Å². The summed E-state index contributed by atoms with van der Waals surface area (Å²) in [6, 6.07) is 11.4. The molecule has 1 amide bonds. The number of carbonyl (C=O) groups is 1. The van der Waals surface area contributed by atoms with Gasteiger partial charge in [-0.05, 0) is 27.6 Å². The van der Waals surface area contributed by atoms with Gasteiger partial charge in [-0.25, -0.2) is 9.78 Å². The van der Waals surface area contributed by atoms with Gasteiger partial charge in [-0.15, -0.1) is 0 Å². The number of hydrogen-bond donors (Lipinski definition) is 0. The predicted octanol–water partition coefficient (Wildman–Crippen LogP) is 3.38. The molecule has 21 heavy (non-hydrogen) atoms. The number of anilines is 1. The van der Waals surface area contributed by atoms with Crippen molar-refractivity contribution in [1.82, 2.24) is 4.98 Å². The zero-order valence-corrected chi connectivity index (χ0v) is 12.7. The van der Waals surface area contributed by atoms with Crippen LogP contribution in [0.5, 0.6) is 5.75 Å². The number of benzene rings is 1. The third-order valence-corrected chi connectivity index (χ3v) is 3.49. The number of pyridine rings is 1. The summed E-state index contributed by atoms with van der Waals surface area (Å²) in [6.07, 6.45) is 1.21. The van der Waals surface area contributed by atoms with E-state index in [0.717, 1.165) is 10.0 Å². The largest absolute Gasteiger partial charge is 0.488 e. The van der Waals surface area contributed by atoms with Crippen LogP contribution >= 0.6 is 15.9 Å². The van der Waals surface area contributed by atoms with Gasteiger partial charge in [0.1, 0.15) is 13.2 Å². The van der Waals surface area contributed by atoms with E-state index < -0.39 is 6.09 Å². The average molecular weight is 349 g/mol. The van der Waals surface area contributed by atoms with E-state index in [-0.39, 0.29) is 6.61 Å². The van der Waals surface area contributed by atoms with Crippen molar-refractivity contribution in [1.29, 1.82) is 0 Å². The first-order valence-electron chi connectivity index (χ1n) is 6.50. The van der Waals surface area contributed by atoms with Crippen LogP contribution < -0.4 is 9.64 Å². The molecule has 5 nitrogen and oxygen atoms in total. The van der Waals surface area contributed by atoms with Gasteiger partial charge in [-0.2, -0.15) is 0 Å². The van der Waals surface area contributed by atoms with Crippen molar-refractivity contribution in [3.8, 4) is 5.75 Å². The standard InChI is InChI=1S/C15H13BrN2O3/c16-12-8-13-14(17-9-12)18(6-7-20-13)15(19)21-10-11-4-2-1-3-5-11/h1-5,8-9H,6-7,10H2. The maximum Gasteiger partial charge on any atom is 0.416 e. The van der Waals surface area contributed by atoms with E-state index in [1.54, 1.807) is 12.3 Å². The van der Waals surface area contributed by atoms with E-state index in [4.69, 9.17) is 9.47 Å². The lowest BCUT2D eigenvalue weighted by atomic mass is 10.2. The van der Waals surface area contributed by atoms with Crippen LogP contribution in [0.4, 0.5) is 10.6 Å².